The van der Waals surface area contributed by atoms with Crippen molar-refractivity contribution in [3.05, 3.63) is 88.5 Å². The van der Waals surface area contributed by atoms with Crippen molar-refractivity contribution in [2.75, 3.05) is 7.11 Å². The van der Waals surface area contributed by atoms with Gasteiger partial charge >= 0.3 is 0 Å². The highest BCUT2D eigenvalue weighted by Gasteiger charge is 2.30. The van der Waals surface area contributed by atoms with E-state index in [-0.39, 0.29) is 11.7 Å². The van der Waals surface area contributed by atoms with Crippen LogP contribution < -0.4 is 4.74 Å². The Balaban J connectivity index is 2.01. The zero-order chi connectivity index (χ0) is 16.7. The summed E-state index contributed by atoms with van der Waals surface area (Å²) in [4.78, 5) is 0. The van der Waals surface area contributed by atoms with E-state index in [1.54, 1.807) is 25.3 Å². The lowest BCUT2D eigenvalue weighted by atomic mass is 9.74. The van der Waals surface area contributed by atoms with E-state index in [4.69, 9.17) is 4.74 Å². The fourth-order valence-electron chi connectivity index (χ4n) is 3.70. The third-order valence-electron chi connectivity index (χ3n) is 4.76. The fraction of sp³-hybridized carbons (Fsp3) is 0.143. The maximum absolute atomic E-state index is 10.4. The average Bonchev–Trinajstić information content (AvgIpc) is 2.60. The van der Waals surface area contributed by atoms with Gasteiger partial charge in [-0.05, 0) is 41.0 Å². The van der Waals surface area contributed by atoms with Crippen molar-refractivity contribution in [1.82, 2.24) is 0 Å². The quantitative estimate of drug-likeness (QED) is 0.582. The molecular weight excluding hydrogens is 300 g/mol. The molecule has 1 aliphatic carbocycles. The number of methoxy groups -OCH3 is 1. The molecule has 2 N–H and O–H groups in total. The van der Waals surface area contributed by atoms with Crippen LogP contribution in [0.5, 0.6) is 17.2 Å². The largest absolute Gasteiger partial charge is 0.508 e. The highest BCUT2D eigenvalue weighted by Crippen LogP contribution is 2.46. The third kappa shape index (κ3) is 2.21. The number of phenols is 2. The Hall–Kier alpha value is -2.94. The molecule has 0 aromatic heterocycles. The lowest BCUT2D eigenvalue weighted by Crippen LogP contribution is -2.16. The number of fused-ring (bicyclic) bond motifs is 2. The van der Waals surface area contributed by atoms with Gasteiger partial charge in [0, 0.05) is 23.5 Å². The molecule has 0 spiro atoms. The average molecular weight is 318 g/mol. The Morgan fingerprint density at radius 1 is 0.875 bits per heavy atom. The molecule has 0 fully saturated rings. The van der Waals surface area contributed by atoms with E-state index in [0.717, 1.165) is 33.6 Å². The van der Waals surface area contributed by atoms with Crippen molar-refractivity contribution in [2.24, 2.45) is 0 Å². The second-order valence-electron chi connectivity index (χ2n) is 6.08. The zero-order valence-corrected chi connectivity index (χ0v) is 13.4. The summed E-state index contributed by atoms with van der Waals surface area (Å²) < 4.78 is 5.54. The molecule has 120 valence electrons. The topological polar surface area (TPSA) is 49.7 Å². The zero-order valence-electron chi connectivity index (χ0n) is 13.4. The molecule has 0 saturated carbocycles. The third-order valence-corrected chi connectivity index (χ3v) is 4.76. The van der Waals surface area contributed by atoms with Crippen molar-refractivity contribution in [1.29, 1.82) is 0 Å². The first-order valence-electron chi connectivity index (χ1n) is 7.94. The molecule has 0 amide bonds. The van der Waals surface area contributed by atoms with Crippen molar-refractivity contribution in [3.8, 4) is 17.2 Å². The second-order valence-corrected chi connectivity index (χ2v) is 6.08. The lowest BCUT2D eigenvalue weighted by Gasteiger charge is -2.30. The molecule has 0 bridgehead atoms. The van der Waals surface area contributed by atoms with Crippen molar-refractivity contribution >= 4 is 0 Å². The van der Waals surface area contributed by atoms with E-state index in [9.17, 15) is 10.2 Å². The molecule has 0 heterocycles. The molecule has 1 unspecified atom stereocenters. The Morgan fingerprint density at radius 3 is 2.33 bits per heavy atom. The van der Waals surface area contributed by atoms with Gasteiger partial charge in [0.05, 0.1) is 7.11 Å². The minimum absolute atomic E-state index is 0.0435. The van der Waals surface area contributed by atoms with E-state index < -0.39 is 0 Å². The van der Waals surface area contributed by atoms with Crippen molar-refractivity contribution < 1.29 is 14.9 Å². The minimum Gasteiger partial charge on any atom is -0.508 e. The van der Waals surface area contributed by atoms with Crippen LogP contribution in [-0.4, -0.2) is 17.3 Å². The van der Waals surface area contributed by atoms with Crippen LogP contribution in [0.4, 0.5) is 0 Å². The summed E-state index contributed by atoms with van der Waals surface area (Å²) in [6.45, 7) is 0. The van der Waals surface area contributed by atoms with E-state index in [1.807, 2.05) is 36.4 Å². The van der Waals surface area contributed by atoms with Crippen LogP contribution in [0.15, 0.2) is 60.7 Å². The molecule has 0 aliphatic heterocycles. The second kappa shape index (κ2) is 5.60. The van der Waals surface area contributed by atoms with Gasteiger partial charge < -0.3 is 14.9 Å². The first-order chi connectivity index (χ1) is 11.7. The van der Waals surface area contributed by atoms with Gasteiger partial charge in [0.2, 0.25) is 0 Å². The molecule has 4 rings (SSSR count). The van der Waals surface area contributed by atoms with Crippen LogP contribution in [0.2, 0.25) is 0 Å². The summed E-state index contributed by atoms with van der Waals surface area (Å²) in [5.74, 6) is 1.32. The predicted molar refractivity (Wildman–Crippen MR) is 93.0 cm³/mol. The first-order valence-corrected chi connectivity index (χ1v) is 7.94. The molecular formula is C21H18O3. The van der Waals surface area contributed by atoms with E-state index in [2.05, 4.69) is 6.07 Å². The summed E-state index contributed by atoms with van der Waals surface area (Å²) in [6.07, 6.45) is 0.636. The summed E-state index contributed by atoms with van der Waals surface area (Å²) in [5, 5.41) is 20.3. The van der Waals surface area contributed by atoms with Crippen LogP contribution in [-0.2, 0) is 6.42 Å². The number of aromatic hydroxyl groups is 2. The highest BCUT2D eigenvalue weighted by atomic mass is 16.5. The van der Waals surface area contributed by atoms with Gasteiger partial charge in [0.15, 0.2) is 0 Å². The smallest absolute Gasteiger partial charge is 0.122 e. The molecule has 3 nitrogen and oxygen atoms in total. The molecule has 3 heteroatoms. The van der Waals surface area contributed by atoms with Crippen LogP contribution in [0.3, 0.4) is 0 Å². The van der Waals surface area contributed by atoms with Crippen LogP contribution >= 0.6 is 0 Å². The van der Waals surface area contributed by atoms with Crippen LogP contribution in [0.25, 0.3) is 0 Å². The number of rotatable bonds is 2. The maximum Gasteiger partial charge on any atom is 0.122 e. The van der Waals surface area contributed by atoms with Crippen LogP contribution in [0.1, 0.15) is 33.7 Å². The summed E-state index contributed by atoms with van der Waals surface area (Å²) >= 11 is 0. The molecule has 1 aliphatic rings. The normalized spacial score (nSPS) is 15.5. The van der Waals surface area contributed by atoms with Crippen LogP contribution in [0, 0.1) is 0 Å². The molecule has 3 aromatic rings. The molecule has 0 radical (unpaired) electrons. The highest BCUT2D eigenvalue weighted by molar-refractivity contribution is 5.61. The number of hydrogen-bond donors (Lipinski definition) is 2. The Bertz CT molecular complexity index is 915. The molecule has 0 saturated heterocycles. The Labute approximate surface area is 140 Å². The van der Waals surface area contributed by atoms with E-state index in [0.29, 0.717) is 12.2 Å². The number of benzene rings is 3. The Kier molecular flexibility index (Phi) is 3.42. The predicted octanol–water partition coefficient (Wildman–Crippen LogP) is 4.19. The summed E-state index contributed by atoms with van der Waals surface area (Å²) in [6, 6.07) is 19.0. The van der Waals surface area contributed by atoms with Gasteiger partial charge in [0.1, 0.15) is 17.2 Å². The van der Waals surface area contributed by atoms with Gasteiger partial charge in [-0.25, -0.2) is 0 Å². The van der Waals surface area contributed by atoms with Crippen molar-refractivity contribution in [3.63, 3.8) is 0 Å². The van der Waals surface area contributed by atoms with Gasteiger partial charge in [-0.3, -0.25) is 0 Å². The molecule has 24 heavy (non-hydrogen) atoms. The van der Waals surface area contributed by atoms with Gasteiger partial charge in [-0.15, -0.1) is 0 Å². The van der Waals surface area contributed by atoms with Gasteiger partial charge in [-0.2, -0.15) is 0 Å². The van der Waals surface area contributed by atoms with Crippen molar-refractivity contribution in [2.45, 2.75) is 12.3 Å². The fourth-order valence-corrected chi connectivity index (χ4v) is 3.70. The number of phenolic OH excluding ortho intramolecular Hbond substituents is 2. The van der Waals surface area contributed by atoms with Gasteiger partial charge in [0.25, 0.3) is 0 Å². The summed E-state index contributed by atoms with van der Waals surface area (Å²) in [5.41, 5.74) is 5.22. The molecule has 1 atom stereocenters. The van der Waals surface area contributed by atoms with Gasteiger partial charge in [-0.1, -0.05) is 36.4 Å². The monoisotopic (exact) mass is 318 g/mol. The standard InChI is InChI=1S/C21H18O3/c1-24-20-10-4-8-16-18(20)12-17-15(7-3-9-19(17)23)21(16)13-5-2-6-14(22)11-13/h2-11,21-23H,12H2,1H3. The maximum atomic E-state index is 10.4. The SMILES string of the molecule is COc1cccc2c1Cc1c(O)cccc1C2c1cccc(O)c1. The first kappa shape index (κ1) is 14.6. The Morgan fingerprint density at radius 2 is 1.58 bits per heavy atom. The minimum atomic E-state index is -0.0435. The van der Waals surface area contributed by atoms with E-state index in [1.165, 1.54) is 0 Å². The lowest BCUT2D eigenvalue weighted by molar-refractivity contribution is 0.408. The number of ether oxygens (including phenoxy) is 1. The number of hydrogen-bond acceptors (Lipinski definition) is 3. The summed E-state index contributed by atoms with van der Waals surface area (Å²) in [7, 11) is 1.67. The van der Waals surface area contributed by atoms with E-state index >= 15 is 0 Å². The molecule has 3 aromatic carbocycles.